The van der Waals surface area contributed by atoms with Gasteiger partial charge in [0.1, 0.15) is 17.1 Å². The topological polar surface area (TPSA) is 97.1 Å². The number of likely N-dealkylation sites (N-methyl/N-ethyl adjacent to an activating group) is 1. The standard InChI is InChI=1S/C20H18FNO6/c1-3-27-20(26)13-9-16(17(23)14-10-22(2)19(25)18(14)24)28-15(13)8-11-4-6-12(21)7-5-11/h4-7,9,24H,3,8,10H2,1-2H3. The van der Waals surface area contributed by atoms with Crippen LogP contribution in [-0.4, -0.2) is 47.9 Å². The van der Waals surface area contributed by atoms with E-state index in [1.165, 1.54) is 42.3 Å². The number of hydrogen-bond donors (Lipinski definition) is 1. The molecule has 0 atom stereocenters. The number of aliphatic hydroxyl groups excluding tert-OH is 1. The van der Waals surface area contributed by atoms with E-state index in [0.29, 0.717) is 5.56 Å². The molecule has 2 heterocycles. The monoisotopic (exact) mass is 387 g/mol. The van der Waals surface area contributed by atoms with E-state index in [4.69, 9.17) is 9.15 Å². The first kappa shape index (κ1) is 19.3. The van der Waals surface area contributed by atoms with Crippen molar-refractivity contribution in [2.45, 2.75) is 13.3 Å². The average Bonchev–Trinajstić information content (AvgIpc) is 3.20. The second kappa shape index (κ2) is 7.67. The molecule has 1 aromatic heterocycles. The summed E-state index contributed by atoms with van der Waals surface area (Å²) in [5, 5.41) is 9.89. The van der Waals surface area contributed by atoms with Crippen molar-refractivity contribution in [3.8, 4) is 0 Å². The third-order valence-corrected chi connectivity index (χ3v) is 4.31. The van der Waals surface area contributed by atoms with Gasteiger partial charge < -0.3 is 19.2 Å². The maximum Gasteiger partial charge on any atom is 0.341 e. The Kier molecular flexibility index (Phi) is 5.30. The second-order valence-electron chi connectivity index (χ2n) is 6.29. The highest BCUT2D eigenvalue weighted by atomic mass is 19.1. The molecule has 1 aromatic carbocycles. The molecule has 28 heavy (non-hydrogen) atoms. The van der Waals surface area contributed by atoms with Crippen LogP contribution < -0.4 is 0 Å². The zero-order valence-electron chi connectivity index (χ0n) is 15.3. The predicted molar refractivity (Wildman–Crippen MR) is 95.5 cm³/mol. The minimum Gasteiger partial charge on any atom is -0.503 e. The number of furan rings is 1. The SMILES string of the molecule is CCOC(=O)c1cc(C(=O)C2=C(O)C(=O)N(C)C2)oc1Cc1ccc(F)cc1. The number of aliphatic hydroxyl groups is 1. The zero-order valence-corrected chi connectivity index (χ0v) is 15.3. The maximum absolute atomic E-state index is 13.1. The van der Waals surface area contributed by atoms with Gasteiger partial charge in [0, 0.05) is 19.5 Å². The van der Waals surface area contributed by atoms with E-state index in [2.05, 4.69) is 0 Å². The number of nitrogens with zero attached hydrogens (tertiary/aromatic N) is 1. The molecule has 7 nitrogen and oxygen atoms in total. The molecule has 146 valence electrons. The summed E-state index contributed by atoms with van der Waals surface area (Å²) < 4.78 is 23.7. The largest absolute Gasteiger partial charge is 0.503 e. The van der Waals surface area contributed by atoms with Crippen molar-refractivity contribution in [2.24, 2.45) is 0 Å². The third kappa shape index (κ3) is 3.66. The summed E-state index contributed by atoms with van der Waals surface area (Å²) in [4.78, 5) is 37.9. The van der Waals surface area contributed by atoms with Crippen molar-refractivity contribution in [1.29, 1.82) is 0 Å². The fraction of sp³-hybridized carbons (Fsp3) is 0.250. The number of halogens is 1. The Balaban J connectivity index is 1.97. The van der Waals surface area contributed by atoms with E-state index in [-0.39, 0.29) is 42.2 Å². The predicted octanol–water partition coefficient (Wildman–Crippen LogP) is 2.65. The van der Waals surface area contributed by atoms with E-state index in [0.717, 1.165) is 0 Å². The molecular formula is C20H18FNO6. The number of rotatable bonds is 6. The summed E-state index contributed by atoms with van der Waals surface area (Å²) in [5.41, 5.74) is 0.621. The highest BCUT2D eigenvalue weighted by molar-refractivity contribution is 6.14. The Labute approximate surface area is 160 Å². The van der Waals surface area contributed by atoms with Gasteiger partial charge in [-0.2, -0.15) is 0 Å². The Morgan fingerprint density at radius 3 is 2.54 bits per heavy atom. The van der Waals surface area contributed by atoms with Crippen LogP contribution >= 0.6 is 0 Å². The lowest BCUT2D eigenvalue weighted by molar-refractivity contribution is -0.126. The second-order valence-corrected chi connectivity index (χ2v) is 6.29. The Morgan fingerprint density at radius 1 is 1.29 bits per heavy atom. The number of carbonyl (C=O) groups is 3. The lowest BCUT2D eigenvalue weighted by Crippen LogP contribution is -2.22. The third-order valence-electron chi connectivity index (χ3n) is 4.31. The van der Waals surface area contributed by atoms with Gasteiger partial charge in [0.15, 0.2) is 11.5 Å². The van der Waals surface area contributed by atoms with Gasteiger partial charge >= 0.3 is 5.97 Å². The van der Waals surface area contributed by atoms with E-state index in [1.54, 1.807) is 6.92 Å². The highest BCUT2D eigenvalue weighted by Gasteiger charge is 2.34. The van der Waals surface area contributed by atoms with Crippen molar-refractivity contribution in [2.75, 3.05) is 20.2 Å². The molecule has 0 fully saturated rings. The van der Waals surface area contributed by atoms with Crippen molar-refractivity contribution in [1.82, 2.24) is 4.90 Å². The first-order chi connectivity index (χ1) is 13.3. The molecule has 0 spiro atoms. The lowest BCUT2D eigenvalue weighted by atomic mass is 10.1. The van der Waals surface area contributed by atoms with Gasteiger partial charge in [-0.3, -0.25) is 9.59 Å². The smallest absolute Gasteiger partial charge is 0.341 e. The van der Waals surface area contributed by atoms with E-state index < -0.39 is 29.2 Å². The first-order valence-corrected chi connectivity index (χ1v) is 8.58. The summed E-state index contributed by atoms with van der Waals surface area (Å²) in [5.74, 6) is -3.07. The molecule has 0 unspecified atom stereocenters. The molecule has 0 aliphatic carbocycles. The van der Waals surface area contributed by atoms with E-state index in [9.17, 15) is 23.9 Å². The number of ether oxygens (including phenoxy) is 1. The van der Waals surface area contributed by atoms with Crippen LogP contribution in [0.15, 0.2) is 46.1 Å². The summed E-state index contributed by atoms with van der Waals surface area (Å²) in [6.45, 7) is 1.72. The molecular weight excluding hydrogens is 369 g/mol. The van der Waals surface area contributed by atoms with E-state index >= 15 is 0 Å². The Morgan fingerprint density at radius 2 is 1.96 bits per heavy atom. The number of esters is 1. The van der Waals surface area contributed by atoms with Gasteiger partial charge in [0.2, 0.25) is 5.78 Å². The Bertz CT molecular complexity index is 973. The Hall–Kier alpha value is -3.42. The number of ketones is 1. The van der Waals surface area contributed by atoms with Crippen LogP contribution in [0, 0.1) is 5.82 Å². The molecule has 1 amide bonds. The van der Waals surface area contributed by atoms with Crippen molar-refractivity contribution < 1.29 is 33.0 Å². The number of amides is 1. The van der Waals surface area contributed by atoms with Crippen LogP contribution in [0.25, 0.3) is 0 Å². The molecule has 1 aliphatic heterocycles. The molecule has 3 rings (SSSR count). The van der Waals surface area contributed by atoms with E-state index in [1.807, 2.05) is 0 Å². The molecule has 0 saturated heterocycles. The molecule has 1 N–H and O–H groups in total. The van der Waals surface area contributed by atoms with Crippen LogP contribution in [0.1, 0.15) is 39.2 Å². The summed E-state index contributed by atoms with van der Waals surface area (Å²) >= 11 is 0. The van der Waals surface area contributed by atoms with Crippen molar-refractivity contribution in [3.63, 3.8) is 0 Å². The quantitative estimate of drug-likeness (QED) is 0.605. The first-order valence-electron chi connectivity index (χ1n) is 8.58. The minimum atomic E-state index is -0.689. The molecule has 0 bridgehead atoms. The zero-order chi connectivity index (χ0) is 20.4. The number of carbonyl (C=O) groups excluding carboxylic acids is 3. The summed E-state index contributed by atoms with van der Waals surface area (Å²) in [6, 6.07) is 6.86. The fourth-order valence-electron chi connectivity index (χ4n) is 2.86. The highest BCUT2D eigenvalue weighted by Crippen LogP contribution is 2.25. The van der Waals surface area contributed by atoms with Gasteiger partial charge in [-0.15, -0.1) is 0 Å². The van der Waals surface area contributed by atoms with Gasteiger partial charge in [-0.1, -0.05) is 12.1 Å². The number of benzene rings is 1. The van der Waals surface area contributed by atoms with Crippen LogP contribution in [-0.2, 0) is 16.0 Å². The number of hydrogen-bond acceptors (Lipinski definition) is 6. The van der Waals surface area contributed by atoms with Gasteiger partial charge in [0.05, 0.1) is 18.7 Å². The van der Waals surface area contributed by atoms with Crippen LogP contribution in [0.4, 0.5) is 4.39 Å². The number of Topliss-reactive ketones (excluding diaryl/α,β-unsaturated/α-hetero) is 1. The average molecular weight is 387 g/mol. The molecule has 0 saturated carbocycles. The maximum atomic E-state index is 13.1. The molecule has 2 aromatic rings. The fourth-order valence-corrected chi connectivity index (χ4v) is 2.86. The minimum absolute atomic E-state index is 0.0623. The normalized spacial score (nSPS) is 14.0. The molecule has 0 radical (unpaired) electrons. The van der Waals surface area contributed by atoms with Crippen molar-refractivity contribution >= 4 is 17.7 Å². The van der Waals surface area contributed by atoms with Gasteiger partial charge in [-0.25, -0.2) is 9.18 Å². The lowest BCUT2D eigenvalue weighted by Gasteiger charge is -2.06. The molecule has 1 aliphatic rings. The summed E-state index contributed by atoms with van der Waals surface area (Å²) in [7, 11) is 1.45. The van der Waals surface area contributed by atoms with Crippen LogP contribution in [0.2, 0.25) is 0 Å². The summed E-state index contributed by atoms with van der Waals surface area (Å²) in [6.07, 6.45) is 0.131. The van der Waals surface area contributed by atoms with Gasteiger partial charge in [-0.05, 0) is 24.6 Å². The van der Waals surface area contributed by atoms with Gasteiger partial charge in [0.25, 0.3) is 5.91 Å². The van der Waals surface area contributed by atoms with Crippen LogP contribution in [0.3, 0.4) is 0 Å². The van der Waals surface area contributed by atoms with Crippen LogP contribution in [0.5, 0.6) is 0 Å². The molecule has 8 heteroatoms. The van der Waals surface area contributed by atoms with Crippen molar-refractivity contribution in [3.05, 3.63) is 70.1 Å².